The summed E-state index contributed by atoms with van der Waals surface area (Å²) in [5.41, 5.74) is 0.191. The van der Waals surface area contributed by atoms with Gasteiger partial charge in [0, 0.05) is 12.0 Å². The molecule has 7 heteroatoms. The van der Waals surface area contributed by atoms with Crippen molar-refractivity contribution >= 4 is 20.2 Å². The van der Waals surface area contributed by atoms with Gasteiger partial charge in [0.15, 0.2) is 14.1 Å². The molecule has 1 rings (SSSR count). The summed E-state index contributed by atoms with van der Waals surface area (Å²) in [6.07, 6.45) is -0.423. The minimum atomic E-state index is -1.81. The van der Waals surface area contributed by atoms with Gasteiger partial charge in [-0.25, -0.2) is 4.79 Å². The lowest BCUT2D eigenvalue weighted by atomic mass is 10.1. The molecule has 0 aliphatic heterocycles. The van der Waals surface area contributed by atoms with Crippen molar-refractivity contribution in [1.82, 2.24) is 5.32 Å². The average molecular weight is 424 g/mol. The zero-order valence-electron chi connectivity index (χ0n) is 19.2. The number of ketones is 1. The van der Waals surface area contributed by atoms with E-state index < -0.39 is 20.0 Å². The Morgan fingerprint density at radius 1 is 1.00 bits per heavy atom. The van der Waals surface area contributed by atoms with E-state index in [1.807, 2.05) is 24.3 Å². The first-order valence-electron chi connectivity index (χ1n) is 10.0. The molecule has 0 spiro atoms. The Labute approximate surface area is 176 Å². The molecule has 0 saturated heterocycles. The standard InChI is InChI=1S/C22H37NO5Si/c1-21(2,3)28-20(25)23-16-18(24)15-17-11-9-10-12-19(17)26-13-14-27-29(7,8)22(4,5)6/h9-12H,13-16H2,1-8H3,(H,23,25). The highest BCUT2D eigenvalue weighted by molar-refractivity contribution is 6.74. The van der Waals surface area contributed by atoms with Gasteiger partial charge in [0.25, 0.3) is 0 Å². The molecular weight excluding hydrogens is 386 g/mol. The lowest BCUT2D eigenvalue weighted by Crippen LogP contribution is -2.41. The first kappa shape index (κ1) is 25.2. The van der Waals surface area contributed by atoms with Crippen LogP contribution in [0.5, 0.6) is 5.75 Å². The Kier molecular flexibility index (Phi) is 8.90. The van der Waals surface area contributed by atoms with E-state index in [-0.39, 0.29) is 23.8 Å². The molecule has 0 atom stereocenters. The van der Waals surface area contributed by atoms with Crippen molar-refractivity contribution < 1.29 is 23.5 Å². The van der Waals surface area contributed by atoms with Gasteiger partial charge in [0.05, 0.1) is 13.2 Å². The molecule has 0 fully saturated rings. The Balaban J connectivity index is 2.53. The minimum absolute atomic E-state index is 0.0856. The zero-order chi connectivity index (χ0) is 22.3. The van der Waals surface area contributed by atoms with E-state index >= 15 is 0 Å². The van der Waals surface area contributed by atoms with E-state index in [1.165, 1.54) is 0 Å². The SMILES string of the molecule is CC(C)(C)OC(=O)NCC(=O)Cc1ccccc1OCCO[Si](C)(C)C(C)(C)C. The van der Waals surface area contributed by atoms with Gasteiger partial charge in [-0.1, -0.05) is 39.0 Å². The van der Waals surface area contributed by atoms with E-state index in [0.29, 0.717) is 19.0 Å². The Bertz CT molecular complexity index is 689. The highest BCUT2D eigenvalue weighted by Gasteiger charge is 2.36. The van der Waals surface area contributed by atoms with Crippen LogP contribution in [0, 0.1) is 0 Å². The van der Waals surface area contributed by atoms with Crippen LogP contribution < -0.4 is 10.1 Å². The summed E-state index contributed by atoms with van der Waals surface area (Å²) >= 11 is 0. The molecule has 0 heterocycles. The molecule has 29 heavy (non-hydrogen) atoms. The molecule has 0 aliphatic rings. The van der Waals surface area contributed by atoms with Gasteiger partial charge in [-0.15, -0.1) is 0 Å². The molecule has 0 radical (unpaired) electrons. The summed E-state index contributed by atoms with van der Waals surface area (Å²) in [6.45, 7) is 17.2. The van der Waals surface area contributed by atoms with Crippen LogP contribution in [0.25, 0.3) is 0 Å². The Hall–Kier alpha value is -1.86. The summed E-state index contributed by atoms with van der Waals surface area (Å²) in [6, 6.07) is 7.44. The van der Waals surface area contributed by atoms with Crippen molar-refractivity contribution in [2.24, 2.45) is 0 Å². The highest BCUT2D eigenvalue weighted by atomic mass is 28.4. The van der Waals surface area contributed by atoms with Crippen LogP contribution in [0.3, 0.4) is 0 Å². The van der Waals surface area contributed by atoms with Crippen LogP contribution >= 0.6 is 0 Å². The van der Waals surface area contributed by atoms with E-state index in [1.54, 1.807) is 20.8 Å². The largest absolute Gasteiger partial charge is 0.491 e. The quantitative estimate of drug-likeness (QED) is 0.459. The number of para-hydroxylation sites is 1. The van der Waals surface area contributed by atoms with Crippen LogP contribution in [0.4, 0.5) is 4.79 Å². The number of nitrogens with one attached hydrogen (secondary N) is 1. The van der Waals surface area contributed by atoms with Crippen molar-refractivity contribution in [2.45, 2.75) is 71.7 Å². The molecule has 1 amide bonds. The number of carbonyl (C=O) groups is 2. The third-order valence-electron chi connectivity index (χ3n) is 4.80. The molecule has 0 bridgehead atoms. The normalized spacial score (nSPS) is 12.4. The second-order valence-corrected chi connectivity index (χ2v) is 14.4. The summed E-state index contributed by atoms with van der Waals surface area (Å²) in [5, 5.41) is 2.65. The number of hydrogen-bond donors (Lipinski definition) is 1. The summed E-state index contributed by atoms with van der Waals surface area (Å²) in [7, 11) is -1.81. The molecule has 0 unspecified atom stereocenters. The van der Waals surface area contributed by atoms with E-state index in [0.717, 1.165) is 5.56 Å². The van der Waals surface area contributed by atoms with Crippen molar-refractivity contribution in [3.63, 3.8) is 0 Å². The Morgan fingerprint density at radius 2 is 1.62 bits per heavy atom. The first-order valence-corrected chi connectivity index (χ1v) is 13.0. The predicted octanol–water partition coefficient (Wildman–Crippen LogP) is 4.72. The van der Waals surface area contributed by atoms with Crippen LogP contribution in [0.15, 0.2) is 24.3 Å². The second kappa shape index (κ2) is 10.3. The topological polar surface area (TPSA) is 73.9 Å². The van der Waals surface area contributed by atoms with Crippen molar-refractivity contribution in [3.05, 3.63) is 29.8 Å². The van der Waals surface area contributed by atoms with E-state index in [2.05, 4.69) is 39.2 Å². The van der Waals surface area contributed by atoms with E-state index in [9.17, 15) is 9.59 Å². The van der Waals surface area contributed by atoms with Crippen molar-refractivity contribution in [1.29, 1.82) is 0 Å². The molecule has 0 saturated carbocycles. The lowest BCUT2D eigenvalue weighted by molar-refractivity contribution is -0.117. The number of alkyl carbamates (subject to hydrolysis) is 1. The van der Waals surface area contributed by atoms with Crippen LogP contribution in [0.2, 0.25) is 18.1 Å². The lowest BCUT2D eigenvalue weighted by Gasteiger charge is -2.36. The number of ether oxygens (including phenoxy) is 2. The molecule has 1 N–H and O–H groups in total. The van der Waals surface area contributed by atoms with Gasteiger partial charge >= 0.3 is 6.09 Å². The maximum atomic E-state index is 12.3. The second-order valence-electron chi connectivity index (χ2n) is 9.64. The molecular formula is C22H37NO5Si. The first-order chi connectivity index (χ1) is 13.2. The fraction of sp³-hybridized carbons (Fsp3) is 0.636. The molecule has 1 aromatic carbocycles. The van der Waals surface area contributed by atoms with Crippen molar-refractivity contribution in [2.75, 3.05) is 19.8 Å². The van der Waals surface area contributed by atoms with Crippen LogP contribution in [-0.4, -0.2) is 45.6 Å². The smallest absolute Gasteiger partial charge is 0.408 e. The van der Waals surface area contributed by atoms with Crippen molar-refractivity contribution in [3.8, 4) is 5.75 Å². The fourth-order valence-electron chi connectivity index (χ4n) is 2.22. The van der Waals surface area contributed by atoms with Gasteiger partial charge in [-0.3, -0.25) is 4.79 Å². The number of amides is 1. The van der Waals surface area contributed by atoms with Gasteiger partial charge in [-0.2, -0.15) is 0 Å². The van der Waals surface area contributed by atoms with Gasteiger partial charge in [-0.05, 0) is 45.0 Å². The average Bonchev–Trinajstić information content (AvgIpc) is 2.55. The molecule has 0 aliphatic carbocycles. The highest BCUT2D eigenvalue weighted by Crippen LogP contribution is 2.36. The minimum Gasteiger partial charge on any atom is -0.491 e. The van der Waals surface area contributed by atoms with Gasteiger partial charge in [0.1, 0.15) is 18.0 Å². The third kappa shape index (κ3) is 9.45. The molecule has 6 nitrogen and oxygen atoms in total. The molecule has 164 valence electrons. The van der Waals surface area contributed by atoms with Gasteiger partial charge < -0.3 is 19.2 Å². The fourth-order valence-corrected chi connectivity index (χ4v) is 3.24. The summed E-state index contributed by atoms with van der Waals surface area (Å²) < 4.78 is 17.1. The third-order valence-corrected chi connectivity index (χ3v) is 9.34. The number of carbonyl (C=O) groups excluding carboxylic acids is 2. The zero-order valence-corrected chi connectivity index (χ0v) is 20.2. The monoisotopic (exact) mass is 423 g/mol. The number of rotatable bonds is 9. The number of Topliss-reactive ketones (excluding diaryl/α,β-unsaturated/α-hetero) is 1. The maximum absolute atomic E-state index is 12.3. The molecule has 1 aromatic rings. The molecule has 0 aromatic heterocycles. The van der Waals surface area contributed by atoms with Gasteiger partial charge in [0.2, 0.25) is 0 Å². The van der Waals surface area contributed by atoms with Crippen LogP contribution in [0.1, 0.15) is 47.1 Å². The van der Waals surface area contributed by atoms with E-state index in [4.69, 9.17) is 13.9 Å². The summed E-state index contributed by atoms with van der Waals surface area (Å²) in [5.74, 6) is 0.543. The Morgan fingerprint density at radius 3 is 2.21 bits per heavy atom. The summed E-state index contributed by atoms with van der Waals surface area (Å²) in [4.78, 5) is 23.9. The predicted molar refractivity (Wildman–Crippen MR) is 118 cm³/mol. The number of benzene rings is 1. The number of hydrogen-bond acceptors (Lipinski definition) is 5. The van der Waals surface area contributed by atoms with Crippen LogP contribution in [-0.2, 0) is 20.4 Å². The maximum Gasteiger partial charge on any atom is 0.408 e.